The summed E-state index contributed by atoms with van der Waals surface area (Å²) >= 11 is 11.8. The summed E-state index contributed by atoms with van der Waals surface area (Å²) in [4.78, 5) is 34.6. The van der Waals surface area contributed by atoms with E-state index in [0.29, 0.717) is 10.7 Å². The van der Waals surface area contributed by atoms with Crippen LogP contribution in [0.5, 0.6) is 0 Å². The normalized spacial score (nSPS) is 10.6. The molecule has 0 aliphatic rings. The van der Waals surface area contributed by atoms with E-state index in [-0.39, 0.29) is 34.9 Å². The highest BCUT2D eigenvalue weighted by molar-refractivity contribution is 6.34. The minimum absolute atomic E-state index is 0.0175. The molecule has 0 saturated carbocycles. The molecule has 0 aliphatic carbocycles. The van der Waals surface area contributed by atoms with Crippen LogP contribution in [0, 0.1) is 10.1 Å². The molecule has 0 spiro atoms. The maximum Gasteiger partial charge on any atom is 0.270 e. The maximum absolute atomic E-state index is 12.3. The van der Waals surface area contributed by atoms with E-state index < -0.39 is 10.8 Å². The highest BCUT2D eigenvalue weighted by Gasteiger charge is 2.15. The predicted octanol–water partition coefficient (Wildman–Crippen LogP) is 3.56. The molecule has 0 atom stereocenters. The SMILES string of the molecule is O=C(NCCn1nc(-c2ccc(Cl)cc2)ccc1=O)c1cc([N+](=O)[O-])ccc1Cl. The van der Waals surface area contributed by atoms with Crippen LogP contribution in [0.25, 0.3) is 11.3 Å². The fourth-order valence-corrected chi connectivity index (χ4v) is 2.88. The molecule has 0 aliphatic heterocycles. The van der Waals surface area contributed by atoms with Crippen molar-refractivity contribution in [3.05, 3.63) is 90.7 Å². The second-order valence-electron chi connectivity index (χ2n) is 5.96. The molecule has 1 heterocycles. The lowest BCUT2D eigenvalue weighted by molar-refractivity contribution is -0.384. The zero-order valence-electron chi connectivity index (χ0n) is 14.8. The van der Waals surface area contributed by atoms with Gasteiger partial charge in [-0.25, -0.2) is 4.68 Å². The zero-order chi connectivity index (χ0) is 21.0. The number of nitrogens with one attached hydrogen (secondary N) is 1. The number of nitro benzene ring substituents is 1. The Bertz CT molecular complexity index is 1130. The number of carbonyl (C=O) groups excluding carboxylic acids is 1. The Kier molecular flexibility index (Phi) is 6.26. The van der Waals surface area contributed by atoms with Crippen molar-refractivity contribution in [2.24, 2.45) is 0 Å². The first-order chi connectivity index (χ1) is 13.8. The summed E-state index contributed by atoms with van der Waals surface area (Å²) in [7, 11) is 0. The van der Waals surface area contributed by atoms with Crippen molar-refractivity contribution in [1.29, 1.82) is 0 Å². The number of halogens is 2. The van der Waals surface area contributed by atoms with Gasteiger partial charge >= 0.3 is 0 Å². The Balaban J connectivity index is 1.70. The smallest absolute Gasteiger partial charge is 0.270 e. The third kappa shape index (κ3) is 4.98. The molecule has 0 bridgehead atoms. The van der Waals surface area contributed by atoms with Gasteiger partial charge in [0.2, 0.25) is 0 Å². The molecule has 0 radical (unpaired) electrons. The highest BCUT2D eigenvalue weighted by Crippen LogP contribution is 2.22. The first kappa shape index (κ1) is 20.5. The summed E-state index contributed by atoms with van der Waals surface area (Å²) in [6.07, 6.45) is 0. The van der Waals surface area contributed by atoms with Gasteiger partial charge in [0.1, 0.15) is 0 Å². The molecule has 0 saturated heterocycles. The number of carbonyl (C=O) groups is 1. The van der Waals surface area contributed by atoms with E-state index in [0.717, 1.165) is 11.6 Å². The second kappa shape index (κ2) is 8.85. The molecule has 2 aromatic carbocycles. The van der Waals surface area contributed by atoms with Gasteiger partial charge in [-0.05, 0) is 24.3 Å². The number of aromatic nitrogens is 2. The summed E-state index contributed by atoms with van der Waals surface area (Å²) in [6.45, 7) is 0.188. The number of nitrogens with zero attached hydrogens (tertiary/aromatic N) is 3. The van der Waals surface area contributed by atoms with E-state index in [9.17, 15) is 19.7 Å². The summed E-state index contributed by atoms with van der Waals surface area (Å²) in [5.41, 5.74) is 0.777. The number of nitro groups is 1. The molecule has 148 valence electrons. The van der Waals surface area contributed by atoms with E-state index in [1.807, 2.05) is 0 Å². The standard InChI is InChI=1S/C19H14Cl2N4O4/c20-13-3-1-12(2-4-13)17-7-8-18(26)24(23-17)10-9-22-19(27)15-11-14(25(28)29)5-6-16(15)21/h1-8,11H,9-10H2,(H,22,27). The monoisotopic (exact) mass is 432 g/mol. The Hall–Kier alpha value is -3.23. The molecule has 10 heteroatoms. The average Bonchev–Trinajstić information content (AvgIpc) is 2.70. The number of amides is 1. The van der Waals surface area contributed by atoms with Crippen LogP contribution in [-0.2, 0) is 6.54 Å². The molecule has 0 unspecified atom stereocenters. The van der Waals surface area contributed by atoms with Crippen molar-refractivity contribution in [1.82, 2.24) is 15.1 Å². The van der Waals surface area contributed by atoms with Crippen molar-refractivity contribution in [2.45, 2.75) is 6.54 Å². The van der Waals surface area contributed by atoms with E-state index in [1.165, 1.54) is 22.9 Å². The van der Waals surface area contributed by atoms with Crippen molar-refractivity contribution >= 4 is 34.8 Å². The van der Waals surface area contributed by atoms with Gasteiger partial charge in [0, 0.05) is 35.3 Å². The third-order valence-electron chi connectivity index (χ3n) is 4.02. The zero-order valence-corrected chi connectivity index (χ0v) is 16.4. The van der Waals surface area contributed by atoms with Crippen LogP contribution in [0.15, 0.2) is 59.4 Å². The molecular weight excluding hydrogens is 419 g/mol. The van der Waals surface area contributed by atoms with Gasteiger partial charge in [0.15, 0.2) is 0 Å². The number of hydrogen-bond acceptors (Lipinski definition) is 5. The minimum atomic E-state index is -0.612. The molecule has 29 heavy (non-hydrogen) atoms. The molecule has 1 amide bonds. The van der Waals surface area contributed by atoms with Crippen molar-refractivity contribution in [3.8, 4) is 11.3 Å². The lowest BCUT2D eigenvalue weighted by Gasteiger charge is -2.09. The van der Waals surface area contributed by atoms with Crippen LogP contribution in [0.2, 0.25) is 10.0 Å². The number of benzene rings is 2. The molecular formula is C19H14Cl2N4O4. The van der Waals surface area contributed by atoms with Gasteiger partial charge in [0.05, 0.1) is 27.7 Å². The Labute approximate surface area is 174 Å². The van der Waals surface area contributed by atoms with Crippen molar-refractivity contribution in [2.75, 3.05) is 6.54 Å². The van der Waals surface area contributed by atoms with Crippen LogP contribution in [-0.4, -0.2) is 27.2 Å². The van der Waals surface area contributed by atoms with Gasteiger partial charge in [-0.3, -0.25) is 19.7 Å². The van der Waals surface area contributed by atoms with Crippen LogP contribution < -0.4 is 10.9 Å². The predicted molar refractivity (Wildman–Crippen MR) is 109 cm³/mol. The van der Waals surface area contributed by atoms with Gasteiger partial charge in [-0.1, -0.05) is 35.3 Å². The fraction of sp³-hybridized carbons (Fsp3) is 0.105. The number of non-ortho nitro benzene ring substituents is 1. The third-order valence-corrected chi connectivity index (χ3v) is 4.60. The number of rotatable bonds is 6. The lowest BCUT2D eigenvalue weighted by atomic mass is 10.1. The number of hydrogen-bond donors (Lipinski definition) is 1. The Morgan fingerprint density at radius 1 is 1.10 bits per heavy atom. The van der Waals surface area contributed by atoms with Gasteiger partial charge in [0.25, 0.3) is 17.2 Å². The Morgan fingerprint density at radius 2 is 1.83 bits per heavy atom. The van der Waals surface area contributed by atoms with Gasteiger partial charge in [-0.15, -0.1) is 0 Å². The topological polar surface area (TPSA) is 107 Å². The van der Waals surface area contributed by atoms with Crippen LogP contribution in [0.1, 0.15) is 10.4 Å². The second-order valence-corrected chi connectivity index (χ2v) is 6.81. The molecule has 1 N–H and O–H groups in total. The van der Waals surface area contributed by atoms with Crippen LogP contribution in [0.4, 0.5) is 5.69 Å². The fourth-order valence-electron chi connectivity index (χ4n) is 2.56. The van der Waals surface area contributed by atoms with E-state index in [1.54, 1.807) is 30.3 Å². The van der Waals surface area contributed by atoms with Crippen LogP contribution in [0.3, 0.4) is 0 Å². The van der Waals surface area contributed by atoms with Crippen molar-refractivity contribution in [3.63, 3.8) is 0 Å². The molecule has 8 nitrogen and oxygen atoms in total. The van der Waals surface area contributed by atoms with E-state index >= 15 is 0 Å². The summed E-state index contributed by atoms with van der Waals surface area (Å²) in [6, 6.07) is 13.6. The largest absolute Gasteiger partial charge is 0.350 e. The van der Waals surface area contributed by atoms with E-state index in [4.69, 9.17) is 23.2 Å². The van der Waals surface area contributed by atoms with Gasteiger partial charge in [-0.2, -0.15) is 5.10 Å². The summed E-state index contributed by atoms with van der Waals surface area (Å²) in [5.74, 6) is -0.583. The first-order valence-electron chi connectivity index (χ1n) is 8.41. The minimum Gasteiger partial charge on any atom is -0.350 e. The molecule has 3 aromatic rings. The van der Waals surface area contributed by atoms with Gasteiger partial charge < -0.3 is 5.32 Å². The lowest BCUT2D eigenvalue weighted by Crippen LogP contribution is -2.32. The quantitative estimate of drug-likeness (QED) is 0.473. The van der Waals surface area contributed by atoms with Crippen molar-refractivity contribution < 1.29 is 9.72 Å². The average molecular weight is 433 g/mol. The molecule has 3 rings (SSSR count). The highest BCUT2D eigenvalue weighted by atomic mass is 35.5. The first-order valence-corrected chi connectivity index (χ1v) is 9.17. The molecule has 0 fully saturated rings. The maximum atomic E-state index is 12.3. The summed E-state index contributed by atoms with van der Waals surface area (Å²) < 4.78 is 1.22. The molecule has 1 aromatic heterocycles. The van der Waals surface area contributed by atoms with Crippen LogP contribution >= 0.6 is 23.2 Å². The van der Waals surface area contributed by atoms with E-state index in [2.05, 4.69) is 10.4 Å². The Morgan fingerprint density at radius 3 is 2.52 bits per heavy atom. The summed E-state index contributed by atoms with van der Waals surface area (Å²) in [5, 5.41) is 18.4.